The Morgan fingerprint density at radius 3 is 3.15 bits per heavy atom. The summed E-state index contributed by atoms with van der Waals surface area (Å²) < 4.78 is 0. The van der Waals surface area contributed by atoms with Crippen LogP contribution in [0.2, 0.25) is 0 Å². The molecule has 0 radical (unpaired) electrons. The first-order valence-electron chi connectivity index (χ1n) is 4.88. The van der Waals surface area contributed by atoms with Crippen LogP contribution in [0.15, 0.2) is 18.2 Å². The lowest BCUT2D eigenvalue weighted by molar-refractivity contribution is 0.774. The Balaban J connectivity index is 2.30. The number of nitrogens with one attached hydrogen (secondary N) is 1. The lowest BCUT2D eigenvalue weighted by Gasteiger charge is -2.10. The summed E-state index contributed by atoms with van der Waals surface area (Å²) in [6.45, 7) is 3.96. The van der Waals surface area contributed by atoms with Crippen molar-refractivity contribution in [3.8, 4) is 0 Å². The summed E-state index contributed by atoms with van der Waals surface area (Å²) >= 11 is 0. The summed E-state index contributed by atoms with van der Waals surface area (Å²) in [6, 6.07) is 6.65. The average Bonchev–Trinajstić information content (AvgIpc) is 2.63. The fourth-order valence-corrected chi connectivity index (χ4v) is 1.75. The second-order valence-electron chi connectivity index (χ2n) is 3.73. The van der Waals surface area contributed by atoms with E-state index in [0.717, 1.165) is 19.5 Å². The van der Waals surface area contributed by atoms with Gasteiger partial charge in [0, 0.05) is 12.2 Å². The zero-order valence-electron chi connectivity index (χ0n) is 8.01. The molecule has 1 aliphatic rings. The van der Waals surface area contributed by atoms with Crippen LogP contribution in [0.5, 0.6) is 0 Å². The van der Waals surface area contributed by atoms with Gasteiger partial charge in [-0.05, 0) is 36.1 Å². The third-order valence-electron chi connectivity index (χ3n) is 2.77. The Morgan fingerprint density at radius 1 is 1.54 bits per heavy atom. The number of rotatable bonds is 2. The Labute approximate surface area is 79.1 Å². The molecule has 0 bridgehead atoms. The summed E-state index contributed by atoms with van der Waals surface area (Å²) in [6.07, 6.45) is 1.16. The summed E-state index contributed by atoms with van der Waals surface area (Å²) in [5.74, 6) is 0.465. The van der Waals surface area contributed by atoms with E-state index in [1.165, 1.54) is 16.8 Å². The minimum Gasteiger partial charge on any atom is -0.384 e. The monoisotopic (exact) mass is 176 g/mol. The highest BCUT2D eigenvalue weighted by molar-refractivity contribution is 5.57. The van der Waals surface area contributed by atoms with Gasteiger partial charge in [-0.25, -0.2) is 0 Å². The summed E-state index contributed by atoms with van der Waals surface area (Å²) in [4.78, 5) is 0. The summed E-state index contributed by atoms with van der Waals surface area (Å²) in [7, 11) is 0. The Kier molecular flexibility index (Phi) is 2.23. The van der Waals surface area contributed by atoms with Gasteiger partial charge in [-0.1, -0.05) is 19.1 Å². The van der Waals surface area contributed by atoms with Crippen molar-refractivity contribution < 1.29 is 0 Å². The molecule has 0 saturated heterocycles. The minimum atomic E-state index is 0.465. The number of nitrogens with two attached hydrogens (primary N) is 1. The maximum atomic E-state index is 5.63. The quantitative estimate of drug-likeness (QED) is 0.720. The van der Waals surface area contributed by atoms with E-state index in [9.17, 15) is 0 Å². The van der Waals surface area contributed by atoms with E-state index in [2.05, 4.69) is 30.4 Å². The molecule has 1 aromatic rings. The van der Waals surface area contributed by atoms with E-state index >= 15 is 0 Å². The predicted octanol–water partition coefficient (Wildman–Crippen LogP) is 1.72. The van der Waals surface area contributed by atoms with Gasteiger partial charge in [-0.2, -0.15) is 0 Å². The van der Waals surface area contributed by atoms with Gasteiger partial charge < -0.3 is 11.1 Å². The molecular weight excluding hydrogens is 160 g/mol. The smallest absolute Gasteiger partial charge is 0.0376 e. The normalized spacial score (nSPS) is 16.5. The molecule has 2 heteroatoms. The minimum absolute atomic E-state index is 0.465. The van der Waals surface area contributed by atoms with Crippen LogP contribution in [0.4, 0.5) is 5.69 Å². The first-order valence-corrected chi connectivity index (χ1v) is 4.88. The highest BCUT2D eigenvalue weighted by Crippen LogP contribution is 2.26. The highest BCUT2D eigenvalue weighted by Gasteiger charge is 2.11. The fourth-order valence-electron chi connectivity index (χ4n) is 1.75. The van der Waals surface area contributed by atoms with Gasteiger partial charge in [0.15, 0.2) is 0 Å². The average molecular weight is 176 g/mol. The molecule has 1 aromatic carbocycles. The molecule has 0 aromatic heterocycles. The van der Waals surface area contributed by atoms with Crippen LogP contribution in [0.1, 0.15) is 24.0 Å². The van der Waals surface area contributed by atoms with Crippen molar-refractivity contribution in [2.24, 2.45) is 5.73 Å². The van der Waals surface area contributed by atoms with Gasteiger partial charge in [0.2, 0.25) is 0 Å². The van der Waals surface area contributed by atoms with Crippen molar-refractivity contribution in [1.82, 2.24) is 0 Å². The van der Waals surface area contributed by atoms with Crippen LogP contribution >= 0.6 is 0 Å². The first-order chi connectivity index (χ1) is 6.31. The van der Waals surface area contributed by atoms with Gasteiger partial charge in [-0.15, -0.1) is 0 Å². The van der Waals surface area contributed by atoms with Crippen molar-refractivity contribution >= 4 is 5.69 Å². The standard InChI is InChI=1S/C11H16N2/c1-8(7-12)10-3-2-9-4-5-13-11(9)6-10/h2-3,6,8,13H,4-5,7,12H2,1H3. The molecule has 3 N–H and O–H groups in total. The highest BCUT2D eigenvalue weighted by atomic mass is 14.9. The molecule has 1 aliphatic heterocycles. The number of hydrogen-bond donors (Lipinski definition) is 2. The Morgan fingerprint density at radius 2 is 2.38 bits per heavy atom. The van der Waals surface area contributed by atoms with Crippen molar-refractivity contribution in [1.29, 1.82) is 0 Å². The third-order valence-corrected chi connectivity index (χ3v) is 2.77. The number of fused-ring (bicyclic) bond motifs is 1. The van der Waals surface area contributed by atoms with Gasteiger partial charge in [-0.3, -0.25) is 0 Å². The van der Waals surface area contributed by atoms with Gasteiger partial charge in [0.1, 0.15) is 0 Å². The number of hydrogen-bond acceptors (Lipinski definition) is 2. The zero-order chi connectivity index (χ0) is 9.26. The van der Waals surface area contributed by atoms with Crippen LogP contribution in [-0.4, -0.2) is 13.1 Å². The zero-order valence-corrected chi connectivity index (χ0v) is 8.01. The molecule has 1 atom stereocenters. The molecule has 1 unspecified atom stereocenters. The molecule has 0 fully saturated rings. The molecule has 2 nitrogen and oxygen atoms in total. The van der Waals surface area contributed by atoms with Gasteiger partial charge >= 0.3 is 0 Å². The third kappa shape index (κ3) is 1.54. The Hall–Kier alpha value is -1.02. The molecule has 13 heavy (non-hydrogen) atoms. The van der Waals surface area contributed by atoms with E-state index in [1.807, 2.05) is 0 Å². The Bertz CT molecular complexity index is 307. The van der Waals surface area contributed by atoms with E-state index in [1.54, 1.807) is 0 Å². The summed E-state index contributed by atoms with van der Waals surface area (Å²) in [5.41, 5.74) is 9.71. The largest absolute Gasteiger partial charge is 0.384 e. The van der Waals surface area contributed by atoms with E-state index < -0.39 is 0 Å². The molecule has 0 amide bonds. The van der Waals surface area contributed by atoms with Crippen LogP contribution in [0, 0.1) is 0 Å². The first kappa shape index (κ1) is 8.57. The second kappa shape index (κ2) is 3.38. The number of anilines is 1. The van der Waals surface area contributed by atoms with E-state index in [0.29, 0.717) is 5.92 Å². The molecule has 0 saturated carbocycles. The van der Waals surface area contributed by atoms with Gasteiger partial charge in [0.25, 0.3) is 0 Å². The lowest BCUT2D eigenvalue weighted by atomic mass is 9.99. The topological polar surface area (TPSA) is 38.0 Å². The molecule has 1 heterocycles. The predicted molar refractivity (Wildman–Crippen MR) is 56.1 cm³/mol. The van der Waals surface area contributed by atoms with E-state index in [-0.39, 0.29) is 0 Å². The van der Waals surface area contributed by atoms with Crippen LogP contribution in [0.3, 0.4) is 0 Å². The van der Waals surface area contributed by atoms with Gasteiger partial charge in [0.05, 0.1) is 0 Å². The molecule has 0 aliphatic carbocycles. The molecular formula is C11H16N2. The molecule has 0 spiro atoms. The molecule has 2 rings (SSSR count). The van der Waals surface area contributed by atoms with Crippen molar-refractivity contribution in [3.05, 3.63) is 29.3 Å². The van der Waals surface area contributed by atoms with Crippen molar-refractivity contribution in [3.63, 3.8) is 0 Å². The SMILES string of the molecule is CC(CN)c1ccc2c(c1)NCC2. The second-order valence-corrected chi connectivity index (χ2v) is 3.73. The maximum Gasteiger partial charge on any atom is 0.0376 e. The van der Waals surface area contributed by atoms with Crippen molar-refractivity contribution in [2.45, 2.75) is 19.3 Å². The van der Waals surface area contributed by atoms with Crippen LogP contribution in [0.25, 0.3) is 0 Å². The van der Waals surface area contributed by atoms with Crippen molar-refractivity contribution in [2.75, 3.05) is 18.4 Å². The summed E-state index contributed by atoms with van der Waals surface area (Å²) in [5, 5.41) is 3.38. The van der Waals surface area contributed by atoms with E-state index in [4.69, 9.17) is 5.73 Å². The lowest BCUT2D eigenvalue weighted by Crippen LogP contribution is -2.08. The van der Waals surface area contributed by atoms with Crippen LogP contribution in [-0.2, 0) is 6.42 Å². The molecule has 70 valence electrons. The maximum absolute atomic E-state index is 5.63. The number of benzene rings is 1. The fraction of sp³-hybridized carbons (Fsp3) is 0.455. The van der Waals surface area contributed by atoms with Crippen LogP contribution < -0.4 is 11.1 Å².